The lowest BCUT2D eigenvalue weighted by Gasteiger charge is -2.28. The summed E-state index contributed by atoms with van der Waals surface area (Å²) in [7, 11) is 1.33. The Hall–Kier alpha value is -4.08. The number of esters is 2. The van der Waals surface area contributed by atoms with E-state index in [1.165, 1.54) is 24.0 Å². The Balaban J connectivity index is 1.26. The van der Waals surface area contributed by atoms with Gasteiger partial charge in [-0.25, -0.2) is 9.59 Å². The number of carbonyl (C=O) groups excluding carboxylic acids is 3. The van der Waals surface area contributed by atoms with Crippen LogP contribution in [0.4, 0.5) is 5.00 Å². The fourth-order valence-corrected chi connectivity index (χ4v) is 6.98. The Morgan fingerprint density at radius 1 is 0.975 bits per heavy atom. The van der Waals surface area contributed by atoms with Crippen molar-refractivity contribution in [3.8, 4) is 10.4 Å². The van der Waals surface area contributed by atoms with Crippen LogP contribution in [0.3, 0.4) is 0 Å². The SMILES string of the molecule is CCN1CCc2nc3ccccc3c(C(=O)OCC(=O)Nc3sc4c(c3C(=O)OC)CCc3ccccc3-4)c2C1. The number of ether oxygens (including phenoxy) is 2. The minimum atomic E-state index is -0.560. The summed E-state index contributed by atoms with van der Waals surface area (Å²) in [6.07, 6.45) is 2.22. The van der Waals surface area contributed by atoms with Crippen LogP contribution in [0, 0.1) is 0 Å². The van der Waals surface area contributed by atoms with Gasteiger partial charge in [0.2, 0.25) is 0 Å². The fourth-order valence-electron chi connectivity index (χ4n) is 5.66. The second-order valence-corrected chi connectivity index (χ2v) is 11.0. The van der Waals surface area contributed by atoms with Crippen LogP contribution in [0.5, 0.6) is 0 Å². The first-order valence-corrected chi connectivity index (χ1v) is 14.2. The van der Waals surface area contributed by atoms with Gasteiger partial charge >= 0.3 is 11.9 Å². The minimum Gasteiger partial charge on any atom is -0.465 e. The van der Waals surface area contributed by atoms with E-state index in [1.54, 1.807) is 0 Å². The van der Waals surface area contributed by atoms with Crippen molar-refractivity contribution >= 4 is 45.1 Å². The first-order chi connectivity index (χ1) is 19.5. The number of benzene rings is 2. The number of pyridine rings is 1. The average Bonchev–Trinajstić information content (AvgIpc) is 3.36. The number of thiophene rings is 1. The highest BCUT2D eigenvalue weighted by Crippen LogP contribution is 2.45. The third-order valence-corrected chi connectivity index (χ3v) is 8.85. The van der Waals surface area contributed by atoms with Crippen LogP contribution in [-0.2, 0) is 40.1 Å². The predicted octanol–water partition coefficient (Wildman–Crippen LogP) is 5.02. The van der Waals surface area contributed by atoms with Gasteiger partial charge in [0.25, 0.3) is 5.91 Å². The fraction of sp³-hybridized carbons (Fsp3) is 0.290. The molecular formula is C31H29N3O5S. The molecule has 0 saturated carbocycles. The number of aryl methyl sites for hydroxylation is 1. The van der Waals surface area contributed by atoms with Crippen molar-refractivity contribution in [2.75, 3.05) is 32.1 Å². The third-order valence-electron chi connectivity index (χ3n) is 7.67. The van der Waals surface area contributed by atoms with Crippen LogP contribution >= 0.6 is 11.3 Å². The van der Waals surface area contributed by atoms with Crippen LogP contribution in [0.25, 0.3) is 21.3 Å². The number of anilines is 1. The maximum Gasteiger partial charge on any atom is 0.341 e. The molecule has 1 N–H and O–H groups in total. The first kappa shape index (κ1) is 26.2. The molecule has 0 bridgehead atoms. The summed E-state index contributed by atoms with van der Waals surface area (Å²) < 4.78 is 10.6. The number of amides is 1. The van der Waals surface area contributed by atoms with Crippen molar-refractivity contribution in [1.29, 1.82) is 0 Å². The number of para-hydroxylation sites is 1. The van der Waals surface area contributed by atoms with Crippen LogP contribution in [-0.4, -0.2) is 54.5 Å². The summed E-state index contributed by atoms with van der Waals surface area (Å²) >= 11 is 1.34. The summed E-state index contributed by atoms with van der Waals surface area (Å²) in [5.74, 6) is -1.58. The Morgan fingerprint density at radius 3 is 2.60 bits per heavy atom. The van der Waals surface area contributed by atoms with Crippen molar-refractivity contribution in [3.05, 3.63) is 82.0 Å². The number of hydrogen-bond donors (Lipinski definition) is 1. The molecule has 0 saturated heterocycles. The molecule has 2 aromatic carbocycles. The highest BCUT2D eigenvalue weighted by molar-refractivity contribution is 7.20. The normalized spacial score (nSPS) is 14.2. The molecule has 2 aliphatic rings. The van der Waals surface area contributed by atoms with Gasteiger partial charge in [-0.1, -0.05) is 49.4 Å². The van der Waals surface area contributed by atoms with Gasteiger partial charge in [-0.2, -0.15) is 0 Å². The van der Waals surface area contributed by atoms with Gasteiger partial charge in [0.05, 0.1) is 23.8 Å². The number of nitrogens with zero attached hydrogens (tertiary/aromatic N) is 2. The summed E-state index contributed by atoms with van der Waals surface area (Å²) in [5, 5.41) is 3.93. The summed E-state index contributed by atoms with van der Waals surface area (Å²) in [4.78, 5) is 47.3. The maximum atomic E-state index is 13.5. The van der Waals surface area contributed by atoms with Gasteiger partial charge < -0.3 is 14.8 Å². The smallest absolute Gasteiger partial charge is 0.341 e. The molecule has 8 nitrogen and oxygen atoms in total. The van der Waals surface area contributed by atoms with Crippen LogP contribution < -0.4 is 5.32 Å². The van der Waals surface area contributed by atoms with Gasteiger partial charge in [-0.3, -0.25) is 14.7 Å². The molecule has 3 heterocycles. The zero-order valence-electron chi connectivity index (χ0n) is 22.4. The Labute approximate surface area is 235 Å². The number of aromatic nitrogens is 1. The van der Waals surface area contributed by atoms with Gasteiger partial charge in [0, 0.05) is 41.0 Å². The molecule has 40 heavy (non-hydrogen) atoms. The van der Waals surface area contributed by atoms with E-state index in [2.05, 4.69) is 23.2 Å². The number of hydrogen-bond acceptors (Lipinski definition) is 8. The molecule has 0 unspecified atom stereocenters. The molecule has 1 aliphatic heterocycles. The molecule has 1 aliphatic carbocycles. The number of likely N-dealkylation sites (N-methyl/N-ethyl adjacent to an activating group) is 1. The number of nitrogens with one attached hydrogen (secondary N) is 1. The summed E-state index contributed by atoms with van der Waals surface area (Å²) in [6.45, 7) is 3.95. The number of carbonyl (C=O) groups is 3. The molecule has 0 atom stereocenters. The summed E-state index contributed by atoms with van der Waals surface area (Å²) in [5.41, 5.74) is 6.44. The standard InChI is InChI=1S/C31H29N3O5S/c1-3-34-15-14-24-22(16-34)26(20-10-6-7-11-23(20)32-24)31(37)39-17-25(35)33-29-27(30(36)38-2)21-13-12-18-8-4-5-9-19(18)28(21)40-29/h4-11H,3,12-17H2,1-2H3,(H,33,35). The lowest BCUT2D eigenvalue weighted by atomic mass is 9.89. The van der Waals surface area contributed by atoms with Gasteiger partial charge in [-0.05, 0) is 42.1 Å². The molecule has 0 fully saturated rings. The van der Waals surface area contributed by atoms with Gasteiger partial charge in [-0.15, -0.1) is 11.3 Å². The zero-order valence-corrected chi connectivity index (χ0v) is 23.2. The van der Waals surface area contributed by atoms with E-state index in [1.807, 2.05) is 42.5 Å². The third kappa shape index (κ3) is 4.65. The molecule has 0 radical (unpaired) electrons. The van der Waals surface area contributed by atoms with E-state index in [-0.39, 0.29) is 0 Å². The highest BCUT2D eigenvalue weighted by Gasteiger charge is 2.30. The predicted molar refractivity (Wildman–Crippen MR) is 154 cm³/mol. The van der Waals surface area contributed by atoms with E-state index in [4.69, 9.17) is 14.5 Å². The van der Waals surface area contributed by atoms with Crippen LogP contribution in [0.2, 0.25) is 0 Å². The van der Waals surface area contributed by atoms with E-state index in [9.17, 15) is 14.4 Å². The zero-order chi connectivity index (χ0) is 27.8. The second kappa shape index (κ2) is 10.8. The maximum absolute atomic E-state index is 13.5. The van der Waals surface area contributed by atoms with Crippen LogP contribution in [0.15, 0.2) is 48.5 Å². The van der Waals surface area contributed by atoms with E-state index in [0.717, 1.165) is 58.7 Å². The van der Waals surface area contributed by atoms with Crippen molar-refractivity contribution in [3.63, 3.8) is 0 Å². The molecule has 1 amide bonds. The highest BCUT2D eigenvalue weighted by atomic mass is 32.1. The van der Waals surface area contributed by atoms with E-state index >= 15 is 0 Å². The molecule has 0 spiro atoms. The molecule has 6 rings (SSSR count). The van der Waals surface area contributed by atoms with Crippen molar-refractivity contribution < 1.29 is 23.9 Å². The first-order valence-electron chi connectivity index (χ1n) is 13.4. The number of methoxy groups -OCH3 is 1. The van der Waals surface area contributed by atoms with Gasteiger partial charge in [0.15, 0.2) is 6.61 Å². The molecule has 204 valence electrons. The average molecular weight is 556 g/mol. The Morgan fingerprint density at radius 2 is 1.77 bits per heavy atom. The van der Waals surface area contributed by atoms with Crippen LogP contribution in [0.1, 0.15) is 50.0 Å². The number of fused-ring (bicyclic) bond motifs is 5. The molecule has 9 heteroatoms. The molecule has 2 aromatic heterocycles. The van der Waals surface area contributed by atoms with Gasteiger partial charge in [0.1, 0.15) is 5.00 Å². The van der Waals surface area contributed by atoms with Crippen molar-refractivity contribution in [2.45, 2.75) is 32.7 Å². The largest absolute Gasteiger partial charge is 0.465 e. The second-order valence-electron chi connectivity index (χ2n) is 9.93. The quantitative estimate of drug-likeness (QED) is 0.334. The molecule has 4 aromatic rings. The monoisotopic (exact) mass is 555 g/mol. The lowest BCUT2D eigenvalue weighted by molar-refractivity contribution is -0.119. The van der Waals surface area contributed by atoms with E-state index in [0.29, 0.717) is 34.5 Å². The van der Waals surface area contributed by atoms with E-state index < -0.39 is 24.5 Å². The molecular weight excluding hydrogens is 526 g/mol. The van der Waals surface area contributed by atoms with Crippen molar-refractivity contribution in [1.82, 2.24) is 9.88 Å². The number of rotatable bonds is 6. The Bertz CT molecular complexity index is 1660. The lowest BCUT2D eigenvalue weighted by Crippen LogP contribution is -2.32. The van der Waals surface area contributed by atoms with Crippen molar-refractivity contribution in [2.24, 2.45) is 0 Å². The summed E-state index contributed by atoms with van der Waals surface area (Å²) in [6, 6.07) is 15.6. The minimum absolute atomic E-state index is 0.366. The Kier molecular flexibility index (Phi) is 7.08. The topological polar surface area (TPSA) is 97.8 Å².